The largest absolute Gasteiger partial charge is 0.475 e. The smallest absolute Gasteiger partial charge is 0.371 e. The van der Waals surface area contributed by atoms with Crippen molar-refractivity contribution < 1.29 is 19.1 Å². The summed E-state index contributed by atoms with van der Waals surface area (Å²) in [6, 6.07) is 3.74. The Balaban J connectivity index is 1.68. The van der Waals surface area contributed by atoms with Crippen LogP contribution < -0.4 is 0 Å². The molecule has 2 unspecified atom stereocenters. The fraction of sp³-hybridized carbons (Fsp3) is 0.643. The van der Waals surface area contributed by atoms with Crippen molar-refractivity contribution in [2.45, 2.75) is 44.4 Å². The number of hydrogen-bond donors (Lipinski definition) is 1. The molecule has 104 valence electrons. The maximum absolute atomic E-state index is 10.8. The molecule has 1 aromatic rings. The molecule has 0 aromatic carbocycles. The van der Waals surface area contributed by atoms with Crippen LogP contribution in [0.25, 0.3) is 0 Å². The zero-order valence-corrected chi connectivity index (χ0v) is 10.9. The Bertz CT molecular complexity index is 454. The molecular weight excluding hydrogens is 246 g/mol. The van der Waals surface area contributed by atoms with Crippen LogP contribution in [0.1, 0.15) is 42.0 Å². The third kappa shape index (κ3) is 2.67. The number of ether oxygens (including phenoxy) is 1. The minimum absolute atomic E-state index is 0.0171. The van der Waals surface area contributed by atoms with Gasteiger partial charge in [-0.3, -0.25) is 4.90 Å². The predicted molar refractivity (Wildman–Crippen MR) is 68.1 cm³/mol. The summed E-state index contributed by atoms with van der Waals surface area (Å²) in [5.74, 6) is -0.268. The van der Waals surface area contributed by atoms with E-state index in [1.54, 1.807) is 6.07 Å². The minimum atomic E-state index is -1.01. The molecule has 0 bridgehead atoms. The summed E-state index contributed by atoms with van der Waals surface area (Å²) in [6.45, 7) is 2.33. The zero-order valence-electron chi connectivity index (χ0n) is 10.9. The van der Waals surface area contributed by atoms with Crippen molar-refractivity contribution in [2.75, 3.05) is 13.2 Å². The van der Waals surface area contributed by atoms with Gasteiger partial charge in [-0.15, -0.1) is 0 Å². The van der Waals surface area contributed by atoms with E-state index in [1.807, 2.05) is 0 Å². The third-order valence-electron chi connectivity index (χ3n) is 4.08. The van der Waals surface area contributed by atoms with Crippen LogP contribution in [-0.4, -0.2) is 41.3 Å². The summed E-state index contributed by atoms with van der Waals surface area (Å²) >= 11 is 0. The van der Waals surface area contributed by atoms with Gasteiger partial charge in [0.15, 0.2) is 0 Å². The van der Waals surface area contributed by atoms with Gasteiger partial charge in [-0.25, -0.2) is 4.79 Å². The van der Waals surface area contributed by atoms with Crippen LogP contribution in [0, 0.1) is 0 Å². The number of aromatic carboxylic acids is 1. The van der Waals surface area contributed by atoms with E-state index in [0.29, 0.717) is 18.7 Å². The molecule has 1 saturated heterocycles. The second-order valence-corrected chi connectivity index (χ2v) is 5.30. The van der Waals surface area contributed by atoms with E-state index < -0.39 is 5.97 Å². The summed E-state index contributed by atoms with van der Waals surface area (Å²) in [5.41, 5.74) is 0. The standard InChI is InChI=1S/C14H19NO4/c16-14(17)13-6-5-10(19-13)9-15-7-8-18-12-4-2-1-3-11(12)15/h5-6,11-12H,1-4,7-9H2,(H,16,17). The van der Waals surface area contributed by atoms with Gasteiger partial charge in [0.1, 0.15) is 5.76 Å². The van der Waals surface area contributed by atoms with Crippen molar-refractivity contribution >= 4 is 5.97 Å². The summed E-state index contributed by atoms with van der Waals surface area (Å²) in [6.07, 6.45) is 5.14. The van der Waals surface area contributed by atoms with Crippen molar-refractivity contribution in [3.63, 3.8) is 0 Å². The lowest BCUT2D eigenvalue weighted by molar-refractivity contribution is -0.0927. The third-order valence-corrected chi connectivity index (χ3v) is 4.08. The minimum Gasteiger partial charge on any atom is -0.475 e. The first kappa shape index (κ1) is 12.7. The lowest BCUT2D eigenvalue weighted by Gasteiger charge is -2.43. The van der Waals surface area contributed by atoms with Gasteiger partial charge in [-0.05, 0) is 25.0 Å². The number of fused-ring (bicyclic) bond motifs is 1. The fourth-order valence-corrected chi connectivity index (χ4v) is 3.15. The Kier molecular flexibility index (Phi) is 3.57. The predicted octanol–water partition coefficient (Wildman–Crippen LogP) is 2.12. The summed E-state index contributed by atoms with van der Waals surface area (Å²) in [4.78, 5) is 13.2. The molecule has 1 N–H and O–H groups in total. The SMILES string of the molecule is O=C(O)c1ccc(CN2CCOC3CCCCC32)o1. The first-order valence-corrected chi connectivity index (χ1v) is 6.92. The molecule has 0 spiro atoms. The number of rotatable bonds is 3. The second kappa shape index (κ2) is 5.35. The van der Waals surface area contributed by atoms with Crippen molar-refractivity contribution in [1.82, 2.24) is 4.90 Å². The molecule has 2 heterocycles. The van der Waals surface area contributed by atoms with Gasteiger partial charge in [0.25, 0.3) is 0 Å². The number of carboxylic acid groups (broad SMARTS) is 1. The molecule has 1 saturated carbocycles. The first-order valence-electron chi connectivity index (χ1n) is 6.92. The van der Waals surface area contributed by atoms with Crippen molar-refractivity contribution in [1.29, 1.82) is 0 Å². The highest BCUT2D eigenvalue weighted by Crippen LogP contribution is 2.29. The lowest BCUT2D eigenvalue weighted by atomic mass is 9.90. The highest BCUT2D eigenvalue weighted by atomic mass is 16.5. The number of hydrogen-bond acceptors (Lipinski definition) is 4. The molecule has 2 atom stereocenters. The molecule has 2 aliphatic rings. The van der Waals surface area contributed by atoms with Gasteiger partial charge < -0.3 is 14.3 Å². The van der Waals surface area contributed by atoms with Crippen molar-refractivity contribution in [3.8, 4) is 0 Å². The number of nitrogens with zero attached hydrogens (tertiary/aromatic N) is 1. The summed E-state index contributed by atoms with van der Waals surface area (Å²) < 4.78 is 11.2. The van der Waals surface area contributed by atoms with Crippen LogP contribution in [0.3, 0.4) is 0 Å². The molecule has 1 aliphatic heterocycles. The number of furan rings is 1. The van der Waals surface area contributed by atoms with E-state index in [0.717, 1.165) is 31.8 Å². The van der Waals surface area contributed by atoms with Crippen LogP contribution in [0.2, 0.25) is 0 Å². The molecule has 5 nitrogen and oxygen atoms in total. The van der Waals surface area contributed by atoms with E-state index in [9.17, 15) is 4.79 Å². The summed E-state index contributed by atoms with van der Waals surface area (Å²) in [7, 11) is 0. The van der Waals surface area contributed by atoms with E-state index >= 15 is 0 Å². The van der Waals surface area contributed by atoms with Crippen LogP contribution in [0.4, 0.5) is 0 Å². The Hall–Kier alpha value is -1.33. The zero-order chi connectivity index (χ0) is 13.2. The van der Waals surface area contributed by atoms with Gasteiger partial charge in [0.05, 0.1) is 19.3 Å². The molecule has 0 amide bonds. The highest BCUT2D eigenvalue weighted by Gasteiger charge is 2.34. The molecule has 5 heteroatoms. The van der Waals surface area contributed by atoms with E-state index in [1.165, 1.54) is 18.9 Å². The lowest BCUT2D eigenvalue weighted by Crippen LogP contribution is -2.52. The Morgan fingerprint density at radius 3 is 3.00 bits per heavy atom. The van der Waals surface area contributed by atoms with Crippen LogP contribution in [-0.2, 0) is 11.3 Å². The Morgan fingerprint density at radius 2 is 2.21 bits per heavy atom. The fourth-order valence-electron chi connectivity index (χ4n) is 3.15. The van der Waals surface area contributed by atoms with Gasteiger partial charge in [0, 0.05) is 12.6 Å². The topological polar surface area (TPSA) is 62.9 Å². The normalized spacial score (nSPS) is 28.0. The molecule has 19 heavy (non-hydrogen) atoms. The number of morpholine rings is 1. The monoisotopic (exact) mass is 265 g/mol. The summed E-state index contributed by atoms with van der Waals surface area (Å²) in [5, 5.41) is 8.86. The Morgan fingerprint density at radius 1 is 1.37 bits per heavy atom. The quantitative estimate of drug-likeness (QED) is 0.907. The van der Waals surface area contributed by atoms with E-state index in [-0.39, 0.29) is 5.76 Å². The number of carbonyl (C=O) groups is 1. The van der Waals surface area contributed by atoms with E-state index in [2.05, 4.69) is 4.90 Å². The molecule has 1 aliphatic carbocycles. The Labute approximate surface area is 112 Å². The molecule has 2 fully saturated rings. The highest BCUT2D eigenvalue weighted by molar-refractivity contribution is 5.84. The molecular formula is C14H19NO4. The molecule has 3 rings (SSSR count). The maximum atomic E-state index is 10.8. The molecule has 1 aromatic heterocycles. The average Bonchev–Trinajstić information content (AvgIpc) is 2.88. The van der Waals surface area contributed by atoms with E-state index in [4.69, 9.17) is 14.3 Å². The van der Waals surface area contributed by atoms with Crippen molar-refractivity contribution in [3.05, 3.63) is 23.7 Å². The van der Waals surface area contributed by atoms with Crippen LogP contribution >= 0.6 is 0 Å². The van der Waals surface area contributed by atoms with Crippen LogP contribution in [0.15, 0.2) is 16.5 Å². The maximum Gasteiger partial charge on any atom is 0.371 e. The van der Waals surface area contributed by atoms with Gasteiger partial charge in [-0.1, -0.05) is 12.8 Å². The molecule has 0 radical (unpaired) electrons. The second-order valence-electron chi connectivity index (χ2n) is 5.30. The number of carboxylic acids is 1. The van der Waals surface area contributed by atoms with Gasteiger partial charge >= 0.3 is 5.97 Å². The van der Waals surface area contributed by atoms with Gasteiger partial charge in [-0.2, -0.15) is 0 Å². The average molecular weight is 265 g/mol. The van der Waals surface area contributed by atoms with Crippen molar-refractivity contribution in [2.24, 2.45) is 0 Å². The van der Waals surface area contributed by atoms with Crippen LogP contribution in [0.5, 0.6) is 0 Å². The van der Waals surface area contributed by atoms with Gasteiger partial charge in [0.2, 0.25) is 5.76 Å². The first-order chi connectivity index (χ1) is 9.24.